The highest BCUT2D eigenvalue weighted by Crippen LogP contribution is 2.26. The van der Waals surface area contributed by atoms with Gasteiger partial charge in [-0.3, -0.25) is 0 Å². The smallest absolute Gasteiger partial charge is 0.343 e. The van der Waals surface area contributed by atoms with E-state index < -0.39 is 5.97 Å². The minimum atomic E-state index is -0.441. The van der Waals surface area contributed by atoms with Crippen LogP contribution in [0.15, 0.2) is 54.6 Å². The summed E-state index contributed by atoms with van der Waals surface area (Å²) in [6.45, 7) is 2.68. The Morgan fingerprint density at radius 2 is 1.81 bits per heavy atom. The summed E-state index contributed by atoms with van der Waals surface area (Å²) < 4.78 is 15.3. The molecule has 3 aromatic rings. The molecule has 0 spiro atoms. The molecule has 0 aliphatic rings. The quantitative estimate of drug-likeness (QED) is 0.373. The number of hydrogen-bond acceptors (Lipinski definition) is 7. The highest BCUT2D eigenvalue weighted by atomic mass is 35.5. The van der Waals surface area contributed by atoms with Crippen molar-refractivity contribution in [2.24, 2.45) is 0 Å². The molecule has 0 saturated carbocycles. The van der Waals surface area contributed by atoms with Crippen molar-refractivity contribution in [2.75, 3.05) is 39.1 Å². The average molecular weight is 458 g/mol. The molecule has 0 radical (unpaired) electrons. The number of methoxy groups -OCH3 is 2. The predicted molar refractivity (Wildman–Crippen MR) is 127 cm³/mol. The Morgan fingerprint density at radius 1 is 1.03 bits per heavy atom. The molecular weight excluding hydrogens is 430 g/mol. The van der Waals surface area contributed by atoms with E-state index in [2.05, 4.69) is 50.7 Å². The molecule has 0 aliphatic carbocycles. The number of aromatic nitrogens is 2. The number of nitrogens with one attached hydrogen (secondary N) is 1. The molecule has 7 nitrogen and oxygen atoms in total. The first-order chi connectivity index (χ1) is 15.6. The molecule has 2 aromatic carbocycles. The van der Waals surface area contributed by atoms with E-state index >= 15 is 0 Å². The van der Waals surface area contributed by atoms with Crippen molar-refractivity contribution >= 4 is 23.4 Å². The Balaban J connectivity index is 0.00000176. The number of halogens is 1. The Hall–Kier alpha value is -3.32. The summed E-state index contributed by atoms with van der Waals surface area (Å²) in [5, 5.41) is 3.34. The zero-order chi connectivity index (χ0) is 23.3. The van der Waals surface area contributed by atoms with Gasteiger partial charge < -0.3 is 19.5 Å². The number of benzene rings is 2. The number of rotatable bonds is 9. The van der Waals surface area contributed by atoms with Crippen LogP contribution in [0, 0.1) is 6.92 Å². The number of nitrogens with zero attached hydrogens (tertiary/aromatic N) is 2. The molecule has 0 atom stereocenters. The molecule has 0 saturated heterocycles. The number of aryl methyl sites for hydroxylation is 1. The van der Waals surface area contributed by atoms with Crippen LogP contribution in [-0.4, -0.2) is 49.7 Å². The van der Waals surface area contributed by atoms with Crippen molar-refractivity contribution in [3.63, 3.8) is 0 Å². The standard InChI is InChI=1S/C23H25N3O4.CH3Cl/c1-16-7-4-5-8-17(16)11-12-24-21-14-20(25-23(26-21)29-3)18-9-6-10-19(13-18)30-15-22(27)28-2;1-2/h4-10,13-14H,11-12,15H2,1-3H3,(H,24,25,26);1H3. The monoisotopic (exact) mass is 457 g/mol. The van der Waals surface area contributed by atoms with Crippen molar-refractivity contribution in [2.45, 2.75) is 13.3 Å². The van der Waals surface area contributed by atoms with Gasteiger partial charge in [0.05, 0.1) is 19.9 Å². The second-order valence-corrected chi connectivity index (χ2v) is 6.62. The number of alkyl halides is 1. The lowest BCUT2D eigenvalue weighted by Crippen LogP contribution is -2.12. The van der Waals surface area contributed by atoms with E-state index in [0.29, 0.717) is 17.3 Å². The van der Waals surface area contributed by atoms with Gasteiger partial charge in [0.2, 0.25) is 0 Å². The van der Waals surface area contributed by atoms with Crippen molar-refractivity contribution in [1.29, 1.82) is 0 Å². The molecular formula is C24H28ClN3O4. The maximum Gasteiger partial charge on any atom is 0.343 e. The van der Waals surface area contributed by atoms with Gasteiger partial charge in [-0.05, 0) is 36.6 Å². The molecule has 3 rings (SSSR count). The fraction of sp³-hybridized carbons (Fsp3) is 0.292. The third kappa shape index (κ3) is 7.42. The van der Waals surface area contributed by atoms with Crippen LogP contribution in [0.3, 0.4) is 0 Å². The van der Waals surface area contributed by atoms with Gasteiger partial charge in [-0.25, -0.2) is 4.79 Å². The van der Waals surface area contributed by atoms with Gasteiger partial charge in [0.15, 0.2) is 6.61 Å². The molecule has 1 heterocycles. The van der Waals surface area contributed by atoms with Gasteiger partial charge >= 0.3 is 12.0 Å². The zero-order valence-electron chi connectivity index (χ0n) is 18.7. The van der Waals surface area contributed by atoms with Crippen LogP contribution in [-0.2, 0) is 16.0 Å². The van der Waals surface area contributed by atoms with Crippen molar-refractivity contribution < 1.29 is 19.0 Å². The first kappa shape index (κ1) is 24.9. The van der Waals surface area contributed by atoms with E-state index in [0.717, 1.165) is 18.5 Å². The summed E-state index contributed by atoms with van der Waals surface area (Å²) in [4.78, 5) is 20.1. The number of ether oxygens (including phenoxy) is 3. The van der Waals surface area contributed by atoms with Gasteiger partial charge in [-0.2, -0.15) is 9.97 Å². The summed E-state index contributed by atoms with van der Waals surface area (Å²) in [5.41, 5.74) is 4.06. The van der Waals surface area contributed by atoms with Crippen molar-refractivity contribution in [1.82, 2.24) is 9.97 Å². The van der Waals surface area contributed by atoms with Crippen molar-refractivity contribution in [3.05, 3.63) is 65.7 Å². The Bertz CT molecular complexity index is 1010. The van der Waals surface area contributed by atoms with Gasteiger partial charge in [0, 0.05) is 24.6 Å². The van der Waals surface area contributed by atoms with Gasteiger partial charge in [0.1, 0.15) is 11.6 Å². The molecule has 170 valence electrons. The Kier molecular flexibility index (Phi) is 10.3. The summed E-state index contributed by atoms with van der Waals surface area (Å²) in [6.07, 6.45) is 2.35. The van der Waals surface area contributed by atoms with Crippen LogP contribution in [0.1, 0.15) is 11.1 Å². The second kappa shape index (κ2) is 13.2. The maximum atomic E-state index is 11.3. The lowest BCUT2D eigenvalue weighted by Gasteiger charge is -2.11. The molecule has 1 N–H and O–H groups in total. The van der Waals surface area contributed by atoms with Crippen LogP contribution in [0.5, 0.6) is 11.8 Å². The number of anilines is 1. The topological polar surface area (TPSA) is 82.6 Å². The summed E-state index contributed by atoms with van der Waals surface area (Å²) in [5.74, 6) is 0.778. The minimum Gasteiger partial charge on any atom is -0.482 e. The SMILES string of the molecule is CCl.COC(=O)COc1cccc(-c2cc(NCCc3ccccc3C)nc(OC)n2)c1. The van der Waals surface area contributed by atoms with Crippen molar-refractivity contribution in [3.8, 4) is 23.0 Å². The van der Waals surface area contributed by atoms with E-state index in [9.17, 15) is 4.79 Å². The molecule has 0 unspecified atom stereocenters. The zero-order valence-corrected chi connectivity index (χ0v) is 19.5. The lowest BCUT2D eigenvalue weighted by atomic mass is 10.1. The van der Waals surface area contributed by atoms with Crippen LogP contribution in [0.4, 0.5) is 5.82 Å². The fourth-order valence-electron chi connectivity index (χ4n) is 2.92. The molecule has 0 aliphatic heterocycles. The summed E-state index contributed by atoms with van der Waals surface area (Å²) >= 11 is 4.64. The summed E-state index contributed by atoms with van der Waals surface area (Å²) in [7, 11) is 2.86. The van der Waals surface area contributed by atoms with E-state index in [1.807, 2.05) is 36.4 Å². The van der Waals surface area contributed by atoms with Crippen LogP contribution in [0.25, 0.3) is 11.3 Å². The minimum absolute atomic E-state index is 0.154. The normalized spacial score (nSPS) is 9.91. The van der Waals surface area contributed by atoms with Gasteiger partial charge in [-0.1, -0.05) is 36.4 Å². The highest BCUT2D eigenvalue weighted by Gasteiger charge is 2.09. The Morgan fingerprint density at radius 3 is 2.53 bits per heavy atom. The third-order valence-electron chi connectivity index (χ3n) is 4.56. The molecule has 32 heavy (non-hydrogen) atoms. The van der Waals surface area contributed by atoms with Gasteiger partial charge in [0.25, 0.3) is 0 Å². The molecule has 0 amide bonds. The first-order valence-electron chi connectivity index (χ1n) is 9.98. The Labute approximate surface area is 193 Å². The maximum absolute atomic E-state index is 11.3. The van der Waals surface area contributed by atoms with Crippen LogP contribution < -0.4 is 14.8 Å². The number of hydrogen-bond donors (Lipinski definition) is 1. The molecule has 0 fully saturated rings. The van der Waals surface area contributed by atoms with E-state index in [4.69, 9.17) is 9.47 Å². The van der Waals surface area contributed by atoms with E-state index in [1.165, 1.54) is 31.7 Å². The fourth-order valence-corrected chi connectivity index (χ4v) is 2.92. The lowest BCUT2D eigenvalue weighted by molar-refractivity contribution is -0.142. The van der Waals surface area contributed by atoms with E-state index in [-0.39, 0.29) is 12.6 Å². The average Bonchev–Trinajstić information content (AvgIpc) is 2.85. The molecule has 1 aromatic heterocycles. The van der Waals surface area contributed by atoms with Crippen LogP contribution in [0.2, 0.25) is 0 Å². The third-order valence-corrected chi connectivity index (χ3v) is 4.56. The number of esters is 1. The second-order valence-electron chi connectivity index (χ2n) is 6.62. The van der Waals surface area contributed by atoms with E-state index in [1.54, 1.807) is 6.07 Å². The molecule has 0 bridgehead atoms. The number of carbonyl (C=O) groups excluding carboxylic acids is 1. The first-order valence-corrected chi connectivity index (χ1v) is 10.7. The highest BCUT2D eigenvalue weighted by molar-refractivity contribution is 6.15. The summed E-state index contributed by atoms with van der Waals surface area (Å²) in [6, 6.07) is 17.8. The van der Waals surface area contributed by atoms with Gasteiger partial charge in [-0.15, -0.1) is 11.6 Å². The largest absolute Gasteiger partial charge is 0.482 e. The van der Waals surface area contributed by atoms with Crippen LogP contribution >= 0.6 is 11.6 Å². The number of carbonyl (C=O) groups is 1. The molecule has 8 heteroatoms. The predicted octanol–water partition coefficient (Wildman–Crippen LogP) is 4.52.